The summed E-state index contributed by atoms with van der Waals surface area (Å²) in [5.74, 6) is 4.06. The van der Waals surface area contributed by atoms with Gasteiger partial charge in [0.05, 0.1) is 0 Å². The average molecular weight is 311 g/mol. The number of alkyl halides is 1. The lowest BCUT2D eigenvalue weighted by atomic mass is 9.67. The van der Waals surface area contributed by atoms with Crippen LogP contribution in [0.25, 0.3) is 0 Å². The third-order valence-electron chi connectivity index (χ3n) is 5.03. The molecule has 0 saturated heterocycles. The van der Waals surface area contributed by atoms with Crippen molar-refractivity contribution < 1.29 is 0 Å². The van der Waals surface area contributed by atoms with Crippen molar-refractivity contribution in [1.82, 2.24) is 9.97 Å². The summed E-state index contributed by atoms with van der Waals surface area (Å²) in [7, 11) is 0. The highest BCUT2D eigenvalue weighted by molar-refractivity contribution is 9.09. The van der Waals surface area contributed by atoms with Gasteiger partial charge >= 0.3 is 0 Å². The predicted molar refractivity (Wildman–Crippen MR) is 77.8 cm³/mol. The van der Waals surface area contributed by atoms with E-state index in [1.165, 1.54) is 44.9 Å². The molecule has 0 aliphatic heterocycles. The number of nitrogens with one attached hydrogen (secondary N) is 1. The smallest absolute Gasteiger partial charge is 0.107 e. The first-order valence-electron chi connectivity index (χ1n) is 7.45. The van der Waals surface area contributed by atoms with E-state index in [4.69, 9.17) is 0 Å². The Bertz CT molecular complexity index is 363. The van der Waals surface area contributed by atoms with Crippen LogP contribution < -0.4 is 0 Å². The first kappa shape index (κ1) is 12.7. The molecule has 0 aromatic carbocycles. The van der Waals surface area contributed by atoms with Crippen molar-refractivity contribution in [2.24, 2.45) is 17.8 Å². The molecule has 100 valence electrons. The molecule has 4 atom stereocenters. The SMILES string of the molecule is BrC(Cc1ncc[nH]1)C1CCC2CCCCC2C1. The van der Waals surface area contributed by atoms with Crippen LogP contribution >= 0.6 is 15.9 Å². The van der Waals surface area contributed by atoms with Crippen molar-refractivity contribution in [2.45, 2.75) is 56.2 Å². The molecule has 1 N–H and O–H groups in total. The molecule has 3 heteroatoms. The summed E-state index contributed by atoms with van der Waals surface area (Å²) in [6.07, 6.45) is 15.1. The van der Waals surface area contributed by atoms with E-state index in [0.717, 1.165) is 30.0 Å². The molecule has 3 rings (SSSR count). The number of aromatic nitrogens is 2. The van der Waals surface area contributed by atoms with E-state index in [1.54, 1.807) is 0 Å². The first-order chi connectivity index (χ1) is 8.83. The molecule has 2 saturated carbocycles. The lowest BCUT2D eigenvalue weighted by Gasteiger charge is -2.40. The van der Waals surface area contributed by atoms with Crippen LogP contribution in [0, 0.1) is 17.8 Å². The summed E-state index contributed by atoms with van der Waals surface area (Å²) in [6, 6.07) is 0. The van der Waals surface area contributed by atoms with Gasteiger partial charge in [0.25, 0.3) is 0 Å². The molecule has 2 fully saturated rings. The van der Waals surface area contributed by atoms with Gasteiger partial charge in [0.1, 0.15) is 5.82 Å². The molecule has 0 spiro atoms. The monoisotopic (exact) mass is 310 g/mol. The fourth-order valence-electron chi connectivity index (χ4n) is 4.00. The maximum absolute atomic E-state index is 4.35. The van der Waals surface area contributed by atoms with Gasteiger partial charge in [-0.1, -0.05) is 41.6 Å². The van der Waals surface area contributed by atoms with E-state index < -0.39 is 0 Å². The number of imidazole rings is 1. The quantitative estimate of drug-likeness (QED) is 0.827. The molecule has 0 amide bonds. The molecule has 2 nitrogen and oxygen atoms in total. The molecular formula is C15H23BrN2. The second-order valence-corrected chi connectivity index (χ2v) is 7.31. The fourth-order valence-corrected chi connectivity index (χ4v) is 4.79. The van der Waals surface area contributed by atoms with E-state index in [1.807, 2.05) is 12.4 Å². The van der Waals surface area contributed by atoms with Gasteiger partial charge in [0.15, 0.2) is 0 Å². The maximum Gasteiger partial charge on any atom is 0.107 e. The van der Waals surface area contributed by atoms with Crippen LogP contribution in [-0.2, 0) is 6.42 Å². The molecule has 1 aromatic rings. The topological polar surface area (TPSA) is 28.7 Å². The Morgan fingerprint density at radius 2 is 2.06 bits per heavy atom. The number of rotatable bonds is 3. The number of hydrogen-bond acceptors (Lipinski definition) is 1. The van der Waals surface area contributed by atoms with E-state index in [0.29, 0.717) is 4.83 Å². The Labute approximate surface area is 118 Å². The lowest BCUT2D eigenvalue weighted by Crippen LogP contribution is -2.32. The Kier molecular flexibility index (Phi) is 4.07. The van der Waals surface area contributed by atoms with Crippen LogP contribution in [0.5, 0.6) is 0 Å². The number of fused-ring (bicyclic) bond motifs is 1. The van der Waals surface area contributed by atoms with Gasteiger partial charge in [-0.3, -0.25) is 0 Å². The highest BCUT2D eigenvalue weighted by atomic mass is 79.9. The van der Waals surface area contributed by atoms with E-state index in [9.17, 15) is 0 Å². The molecule has 4 unspecified atom stereocenters. The lowest BCUT2D eigenvalue weighted by molar-refractivity contribution is 0.129. The number of aromatic amines is 1. The zero-order chi connectivity index (χ0) is 12.4. The fraction of sp³-hybridized carbons (Fsp3) is 0.800. The number of H-pyrrole nitrogens is 1. The van der Waals surface area contributed by atoms with Crippen molar-refractivity contribution in [3.05, 3.63) is 18.2 Å². The summed E-state index contributed by atoms with van der Waals surface area (Å²) in [6.45, 7) is 0. The second kappa shape index (κ2) is 5.77. The zero-order valence-corrected chi connectivity index (χ0v) is 12.5. The van der Waals surface area contributed by atoms with Crippen LogP contribution in [0.15, 0.2) is 12.4 Å². The van der Waals surface area contributed by atoms with Crippen molar-refractivity contribution in [3.8, 4) is 0 Å². The van der Waals surface area contributed by atoms with Crippen LogP contribution in [0.1, 0.15) is 50.8 Å². The highest BCUT2D eigenvalue weighted by Gasteiger charge is 2.34. The Hall–Kier alpha value is -0.310. The van der Waals surface area contributed by atoms with Gasteiger partial charge in [-0.15, -0.1) is 0 Å². The third-order valence-corrected chi connectivity index (χ3v) is 6.11. The normalized spacial score (nSPS) is 33.9. The molecular weight excluding hydrogens is 288 g/mol. The van der Waals surface area contributed by atoms with Gasteiger partial charge in [-0.05, 0) is 37.0 Å². The minimum atomic E-state index is 0.603. The average Bonchev–Trinajstić information content (AvgIpc) is 2.91. The summed E-state index contributed by atoms with van der Waals surface area (Å²) in [4.78, 5) is 8.17. The molecule has 1 aromatic heterocycles. The molecule has 1 heterocycles. The van der Waals surface area contributed by atoms with E-state index in [2.05, 4.69) is 25.9 Å². The van der Waals surface area contributed by atoms with Gasteiger partial charge in [-0.2, -0.15) is 0 Å². The zero-order valence-electron chi connectivity index (χ0n) is 10.9. The van der Waals surface area contributed by atoms with Crippen molar-refractivity contribution in [1.29, 1.82) is 0 Å². The van der Waals surface area contributed by atoms with Gasteiger partial charge < -0.3 is 4.98 Å². The third kappa shape index (κ3) is 2.81. The molecule has 0 radical (unpaired) electrons. The van der Waals surface area contributed by atoms with Crippen LogP contribution in [0.3, 0.4) is 0 Å². The summed E-state index contributed by atoms with van der Waals surface area (Å²) in [5.41, 5.74) is 0. The van der Waals surface area contributed by atoms with Crippen LogP contribution in [0.4, 0.5) is 0 Å². The minimum Gasteiger partial charge on any atom is -0.349 e. The van der Waals surface area contributed by atoms with Gasteiger partial charge in [0, 0.05) is 23.6 Å². The Balaban J connectivity index is 1.56. The van der Waals surface area contributed by atoms with Gasteiger partial charge in [0.2, 0.25) is 0 Å². The number of hydrogen-bond donors (Lipinski definition) is 1. The van der Waals surface area contributed by atoms with E-state index >= 15 is 0 Å². The van der Waals surface area contributed by atoms with Crippen molar-refractivity contribution in [2.75, 3.05) is 0 Å². The Morgan fingerprint density at radius 3 is 2.83 bits per heavy atom. The molecule has 0 bridgehead atoms. The van der Waals surface area contributed by atoms with E-state index in [-0.39, 0.29) is 0 Å². The first-order valence-corrected chi connectivity index (χ1v) is 8.37. The number of halogens is 1. The molecule has 2 aliphatic carbocycles. The van der Waals surface area contributed by atoms with Gasteiger partial charge in [-0.25, -0.2) is 4.98 Å². The highest BCUT2D eigenvalue weighted by Crippen LogP contribution is 2.44. The standard InChI is InChI=1S/C15H23BrN2/c16-14(10-15-17-7-8-18-15)13-6-5-11-3-1-2-4-12(11)9-13/h7-8,11-14H,1-6,9-10H2,(H,17,18). The van der Waals surface area contributed by atoms with Crippen molar-refractivity contribution in [3.63, 3.8) is 0 Å². The second-order valence-electron chi connectivity index (χ2n) is 6.13. The maximum atomic E-state index is 4.35. The number of nitrogens with zero attached hydrogens (tertiary/aromatic N) is 1. The largest absolute Gasteiger partial charge is 0.349 e. The van der Waals surface area contributed by atoms with Crippen molar-refractivity contribution >= 4 is 15.9 Å². The predicted octanol–water partition coefficient (Wildman–Crippen LogP) is 4.32. The summed E-state index contributed by atoms with van der Waals surface area (Å²) >= 11 is 3.92. The van der Waals surface area contributed by atoms with Crippen LogP contribution in [0.2, 0.25) is 0 Å². The minimum absolute atomic E-state index is 0.603. The Morgan fingerprint density at radius 1 is 1.22 bits per heavy atom. The van der Waals surface area contributed by atoms with Crippen LogP contribution in [-0.4, -0.2) is 14.8 Å². The summed E-state index contributed by atoms with van der Waals surface area (Å²) in [5, 5.41) is 0. The summed E-state index contributed by atoms with van der Waals surface area (Å²) < 4.78 is 0. The molecule has 18 heavy (non-hydrogen) atoms. The molecule has 2 aliphatic rings.